The molecule has 1 fully saturated rings. The Morgan fingerprint density at radius 3 is 2.89 bits per heavy atom. The molecule has 0 spiro atoms. The molecule has 1 aliphatic rings. The number of aliphatic hydroxyl groups excluding tert-OH is 1. The van der Waals surface area contributed by atoms with Gasteiger partial charge in [-0.3, -0.25) is 9.59 Å². The van der Waals surface area contributed by atoms with E-state index in [4.69, 9.17) is 0 Å². The van der Waals surface area contributed by atoms with Crippen molar-refractivity contribution < 1.29 is 9.90 Å². The Morgan fingerprint density at radius 1 is 1.37 bits per heavy atom. The number of pyridine rings is 1. The van der Waals surface area contributed by atoms with Gasteiger partial charge in [-0.2, -0.15) is 0 Å². The Labute approximate surface area is 109 Å². The number of β-amino-alcohol motifs (C(OH)–C–C–N with tert-alkyl or cyclic N) is 1. The summed E-state index contributed by atoms with van der Waals surface area (Å²) in [5.74, 6) is -0.196. The number of nitrogens with zero attached hydrogens (tertiary/aromatic N) is 1. The van der Waals surface area contributed by atoms with Crippen molar-refractivity contribution in [1.82, 2.24) is 9.88 Å². The molecule has 2 aromatic rings. The Morgan fingerprint density at radius 2 is 2.16 bits per heavy atom. The van der Waals surface area contributed by atoms with E-state index in [1.807, 2.05) is 18.2 Å². The van der Waals surface area contributed by atoms with Gasteiger partial charge >= 0.3 is 0 Å². The monoisotopic (exact) mass is 258 g/mol. The van der Waals surface area contributed by atoms with Crippen LogP contribution in [0.3, 0.4) is 0 Å². The van der Waals surface area contributed by atoms with Crippen molar-refractivity contribution in [2.45, 2.75) is 12.5 Å². The number of carbonyl (C=O) groups is 1. The number of amides is 1. The summed E-state index contributed by atoms with van der Waals surface area (Å²) in [5.41, 5.74) is 0.758. The number of aromatic amines is 1. The second-order valence-corrected chi connectivity index (χ2v) is 4.79. The lowest BCUT2D eigenvalue weighted by Crippen LogP contribution is -2.30. The summed E-state index contributed by atoms with van der Waals surface area (Å²) in [6, 6.07) is 8.55. The minimum absolute atomic E-state index is 0.196. The molecule has 1 aromatic heterocycles. The van der Waals surface area contributed by atoms with Gasteiger partial charge in [0.15, 0.2) is 0 Å². The number of benzene rings is 1. The smallest absolute Gasteiger partial charge is 0.254 e. The molecule has 2 heterocycles. The average molecular weight is 258 g/mol. The van der Waals surface area contributed by atoms with Gasteiger partial charge in [-0.1, -0.05) is 18.2 Å². The van der Waals surface area contributed by atoms with E-state index in [0.717, 1.165) is 5.39 Å². The van der Waals surface area contributed by atoms with Crippen molar-refractivity contribution in [3.8, 4) is 0 Å². The highest BCUT2D eigenvalue weighted by molar-refractivity contribution is 6.06. The molecule has 1 aromatic carbocycles. The van der Waals surface area contributed by atoms with Gasteiger partial charge in [-0.05, 0) is 12.5 Å². The SMILES string of the molecule is O=C(c1cc(=O)[nH]c2ccccc12)N1CCC(O)C1. The minimum Gasteiger partial charge on any atom is -0.391 e. The molecule has 0 saturated carbocycles. The van der Waals surface area contributed by atoms with Gasteiger partial charge in [0.2, 0.25) is 5.56 Å². The molecule has 98 valence electrons. The highest BCUT2D eigenvalue weighted by Crippen LogP contribution is 2.19. The normalized spacial score (nSPS) is 19.0. The van der Waals surface area contributed by atoms with Crippen molar-refractivity contribution in [2.75, 3.05) is 13.1 Å². The molecule has 0 radical (unpaired) electrons. The number of fused-ring (bicyclic) bond motifs is 1. The van der Waals surface area contributed by atoms with Crippen LogP contribution in [-0.4, -0.2) is 40.1 Å². The third-order valence-electron chi connectivity index (χ3n) is 3.43. The number of hydrogen-bond acceptors (Lipinski definition) is 3. The average Bonchev–Trinajstić information content (AvgIpc) is 2.83. The Kier molecular flexibility index (Phi) is 2.83. The summed E-state index contributed by atoms with van der Waals surface area (Å²) in [6.45, 7) is 0.862. The maximum absolute atomic E-state index is 12.4. The summed E-state index contributed by atoms with van der Waals surface area (Å²) >= 11 is 0. The molecule has 3 rings (SSSR count). The number of nitrogens with one attached hydrogen (secondary N) is 1. The second kappa shape index (κ2) is 4.51. The predicted molar refractivity (Wildman–Crippen MR) is 71.1 cm³/mol. The van der Waals surface area contributed by atoms with Gasteiger partial charge in [0.05, 0.1) is 11.7 Å². The van der Waals surface area contributed by atoms with Gasteiger partial charge in [-0.15, -0.1) is 0 Å². The Bertz CT molecular complexity index is 692. The van der Waals surface area contributed by atoms with Crippen LogP contribution < -0.4 is 5.56 Å². The topological polar surface area (TPSA) is 73.4 Å². The fourth-order valence-electron chi connectivity index (χ4n) is 2.48. The number of likely N-dealkylation sites (tertiary alicyclic amines) is 1. The Balaban J connectivity index is 2.09. The van der Waals surface area contributed by atoms with Crippen LogP contribution in [0.4, 0.5) is 0 Å². The van der Waals surface area contributed by atoms with Crippen molar-refractivity contribution >= 4 is 16.8 Å². The van der Waals surface area contributed by atoms with E-state index < -0.39 is 6.10 Å². The minimum atomic E-state index is -0.461. The molecular formula is C14H14N2O3. The number of hydrogen-bond donors (Lipinski definition) is 2. The van der Waals surface area contributed by atoms with Gasteiger partial charge in [0.1, 0.15) is 0 Å². The van der Waals surface area contributed by atoms with E-state index in [-0.39, 0.29) is 11.5 Å². The van der Waals surface area contributed by atoms with Crippen molar-refractivity contribution in [1.29, 1.82) is 0 Å². The predicted octanol–water partition coefficient (Wildman–Crippen LogP) is 0.735. The Hall–Kier alpha value is -2.14. The third-order valence-corrected chi connectivity index (χ3v) is 3.43. The molecule has 1 unspecified atom stereocenters. The molecule has 1 saturated heterocycles. The second-order valence-electron chi connectivity index (χ2n) is 4.79. The molecule has 5 nitrogen and oxygen atoms in total. The summed E-state index contributed by atoms with van der Waals surface area (Å²) < 4.78 is 0. The van der Waals surface area contributed by atoms with Crippen molar-refractivity contribution in [3.05, 3.63) is 46.2 Å². The highest BCUT2D eigenvalue weighted by Gasteiger charge is 2.26. The van der Waals surface area contributed by atoms with Crippen LogP contribution in [0.2, 0.25) is 0 Å². The summed E-state index contributed by atoms with van der Waals surface area (Å²) in [5, 5.41) is 10.2. The van der Waals surface area contributed by atoms with Crippen LogP contribution in [0.1, 0.15) is 16.8 Å². The van der Waals surface area contributed by atoms with E-state index >= 15 is 0 Å². The van der Waals surface area contributed by atoms with Gasteiger partial charge in [0, 0.05) is 30.1 Å². The quantitative estimate of drug-likeness (QED) is 0.792. The van der Waals surface area contributed by atoms with E-state index in [1.54, 1.807) is 11.0 Å². The lowest BCUT2D eigenvalue weighted by Gasteiger charge is -2.16. The summed E-state index contributed by atoms with van der Waals surface area (Å²) in [4.78, 5) is 28.3. The number of rotatable bonds is 1. The van der Waals surface area contributed by atoms with Crippen molar-refractivity contribution in [2.24, 2.45) is 0 Å². The standard InChI is InChI=1S/C14H14N2O3/c17-9-5-6-16(8-9)14(19)11-7-13(18)15-12-4-2-1-3-10(11)12/h1-4,7,9,17H,5-6,8H2,(H,15,18). The fraction of sp³-hybridized carbons (Fsp3) is 0.286. The van der Waals surface area contributed by atoms with Gasteiger partial charge in [-0.25, -0.2) is 0 Å². The van der Waals surface area contributed by atoms with Crippen LogP contribution >= 0.6 is 0 Å². The first kappa shape index (κ1) is 11.9. The first-order chi connectivity index (χ1) is 9.15. The lowest BCUT2D eigenvalue weighted by atomic mass is 10.1. The summed E-state index contributed by atoms with van der Waals surface area (Å²) in [7, 11) is 0. The highest BCUT2D eigenvalue weighted by atomic mass is 16.3. The van der Waals surface area contributed by atoms with Gasteiger partial charge < -0.3 is 15.0 Å². The zero-order chi connectivity index (χ0) is 13.4. The molecule has 19 heavy (non-hydrogen) atoms. The molecule has 1 aliphatic heterocycles. The largest absolute Gasteiger partial charge is 0.391 e. The van der Waals surface area contributed by atoms with Gasteiger partial charge in [0.25, 0.3) is 5.91 Å². The molecule has 2 N–H and O–H groups in total. The van der Waals surface area contributed by atoms with E-state index in [9.17, 15) is 14.7 Å². The first-order valence-corrected chi connectivity index (χ1v) is 6.24. The van der Waals surface area contributed by atoms with Crippen LogP contribution in [-0.2, 0) is 0 Å². The molecule has 0 aliphatic carbocycles. The summed E-state index contributed by atoms with van der Waals surface area (Å²) in [6.07, 6.45) is 0.129. The number of para-hydroxylation sites is 1. The number of H-pyrrole nitrogens is 1. The molecule has 0 bridgehead atoms. The van der Waals surface area contributed by atoms with Crippen LogP contribution in [0.5, 0.6) is 0 Å². The van der Waals surface area contributed by atoms with Crippen LogP contribution in [0, 0.1) is 0 Å². The molecule has 1 atom stereocenters. The maximum atomic E-state index is 12.4. The number of aliphatic hydroxyl groups is 1. The number of aromatic nitrogens is 1. The molecule has 1 amide bonds. The van der Waals surface area contributed by atoms with Crippen molar-refractivity contribution in [3.63, 3.8) is 0 Å². The fourth-order valence-corrected chi connectivity index (χ4v) is 2.48. The van der Waals surface area contributed by atoms with Crippen LogP contribution in [0.25, 0.3) is 10.9 Å². The first-order valence-electron chi connectivity index (χ1n) is 6.24. The molecular weight excluding hydrogens is 244 g/mol. The maximum Gasteiger partial charge on any atom is 0.254 e. The zero-order valence-electron chi connectivity index (χ0n) is 10.3. The lowest BCUT2D eigenvalue weighted by molar-refractivity contribution is 0.0766. The third kappa shape index (κ3) is 2.13. The van der Waals surface area contributed by atoms with Crippen LogP contribution in [0.15, 0.2) is 35.1 Å². The van der Waals surface area contributed by atoms with E-state index in [0.29, 0.717) is 30.6 Å². The molecule has 5 heteroatoms. The zero-order valence-corrected chi connectivity index (χ0v) is 10.3. The van der Waals surface area contributed by atoms with E-state index in [1.165, 1.54) is 6.07 Å². The van der Waals surface area contributed by atoms with E-state index in [2.05, 4.69) is 4.98 Å². The number of carbonyl (C=O) groups excluding carboxylic acids is 1.